The Labute approximate surface area is 311 Å². The van der Waals surface area contributed by atoms with Crippen molar-refractivity contribution in [2.24, 2.45) is 0 Å². The Morgan fingerprint density at radius 2 is 1.08 bits per heavy atom. The fourth-order valence-corrected chi connectivity index (χ4v) is 8.18. The highest BCUT2D eigenvalue weighted by molar-refractivity contribution is 6.68. The van der Waals surface area contributed by atoms with Gasteiger partial charge in [-0.1, -0.05) is 59.1 Å². The van der Waals surface area contributed by atoms with Crippen molar-refractivity contribution >= 4 is 41.6 Å². The van der Waals surface area contributed by atoms with Crippen LogP contribution in [0.15, 0.2) is 122 Å². The number of pyridine rings is 2. The molecule has 6 nitrogen and oxygen atoms in total. The Kier molecular flexibility index (Phi) is 7.51. The average molecular weight is 728 g/mol. The van der Waals surface area contributed by atoms with Gasteiger partial charge in [0.05, 0.1) is 28.5 Å². The van der Waals surface area contributed by atoms with E-state index in [1.807, 2.05) is 24.5 Å². The molecule has 0 saturated heterocycles. The lowest BCUT2D eigenvalue weighted by molar-refractivity contribution is 0.333. The summed E-state index contributed by atoms with van der Waals surface area (Å²) >= 11 is 14.4. The molecule has 0 N–H and O–H groups in total. The summed E-state index contributed by atoms with van der Waals surface area (Å²) in [7, 11) is 0. The summed E-state index contributed by atoms with van der Waals surface area (Å²) in [5.74, 6) is 2.76. The smallest absolute Gasteiger partial charge is 0.583 e. The zero-order valence-corrected chi connectivity index (χ0v) is 30.2. The molecule has 0 radical (unpaired) electrons. The number of hydrogen-bond acceptors (Lipinski definition) is 4. The van der Waals surface area contributed by atoms with Crippen molar-refractivity contribution in [3.05, 3.63) is 161 Å². The molecule has 3 aromatic carbocycles. The Balaban J connectivity index is 0.000000830. The monoisotopic (exact) mass is 726 g/mol. The lowest BCUT2D eigenvalue weighted by Crippen LogP contribution is -2.67. The molecule has 1 spiro atoms. The van der Waals surface area contributed by atoms with E-state index >= 15 is 0 Å². The van der Waals surface area contributed by atoms with Crippen LogP contribution in [0.2, 0.25) is 0 Å². The predicted molar refractivity (Wildman–Crippen MR) is 207 cm³/mol. The van der Waals surface area contributed by atoms with E-state index < -0.39 is 11.1 Å². The van der Waals surface area contributed by atoms with E-state index in [0.717, 1.165) is 67.7 Å². The number of hydrogen-bond donors (Lipinski definition) is 0. The Morgan fingerprint density at radius 1 is 0.608 bits per heavy atom. The second kappa shape index (κ2) is 12.0. The molecule has 0 bridgehead atoms. The van der Waals surface area contributed by atoms with Crippen molar-refractivity contribution in [2.75, 3.05) is 0 Å². The molecular formula is C41H30BCl3N4O2. The van der Waals surface area contributed by atoms with Crippen LogP contribution >= 0.6 is 34.8 Å². The fourth-order valence-electron chi connectivity index (χ4n) is 8.18. The Bertz CT molecular complexity index is 2310. The molecule has 10 rings (SSSR count). The lowest BCUT2D eigenvalue weighted by Gasteiger charge is -2.54. The predicted octanol–water partition coefficient (Wildman–Crippen LogP) is 10.6. The van der Waals surface area contributed by atoms with Crippen LogP contribution in [0.4, 0.5) is 0 Å². The maximum absolute atomic E-state index is 7.30. The van der Waals surface area contributed by atoms with Gasteiger partial charge in [-0.05, 0) is 98.1 Å². The van der Waals surface area contributed by atoms with Crippen LogP contribution in [0, 0.1) is 26.7 Å². The third-order valence-electron chi connectivity index (χ3n) is 9.99. The van der Waals surface area contributed by atoms with Crippen LogP contribution in [0.1, 0.15) is 33.6 Å². The molecule has 51 heavy (non-hydrogen) atoms. The van der Waals surface area contributed by atoms with E-state index in [-0.39, 0.29) is 0 Å². The number of nitrogens with zero attached hydrogens (tertiary/aromatic N) is 4. The number of halogens is 3. The second-order valence-corrected chi connectivity index (χ2v) is 15.1. The quantitative estimate of drug-likeness (QED) is 0.103. The minimum atomic E-state index is -2.29. The van der Waals surface area contributed by atoms with E-state index in [9.17, 15) is 0 Å². The van der Waals surface area contributed by atoms with E-state index in [1.165, 1.54) is 28.2 Å². The zero-order chi connectivity index (χ0) is 35.0. The first kappa shape index (κ1) is 31.9. The van der Waals surface area contributed by atoms with Crippen molar-refractivity contribution in [3.8, 4) is 56.3 Å². The molecule has 4 aromatic heterocycles. The van der Waals surface area contributed by atoms with Crippen molar-refractivity contribution in [1.29, 1.82) is 0 Å². The number of fused-ring (bicyclic) bond motifs is 4. The summed E-state index contributed by atoms with van der Waals surface area (Å²) in [5, 5.41) is 0. The maximum atomic E-state index is 7.30. The molecular weight excluding hydrogens is 698 g/mol. The first-order chi connectivity index (χ1) is 24.7. The molecule has 7 heterocycles. The second-order valence-electron chi connectivity index (χ2n) is 13.1. The van der Waals surface area contributed by atoms with Crippen molar-refractivity contribution < 1.29 is 9.31 Å². The van der Waals surface area contributed by atoms with Crippen LogP contribution in [-0.2, 0) is 0 Å². The minimum absolute atomic E-state index is 0.750. The van der Waals surface area contributed by atoms with Gasteiger partial charge < -0.3 is 18.3 Å². The molecule has 3 aliphatic rings. The van der Waals surface area contributed by atoms with Gasteiger partial charge in [0.1, 0.15) is 5.92 Å². The van der Waals surface area contributed by atoms with Gasteiger partial charge in [0, 0.05) is 81.7 Å². The summed E-state index contributed by atoms with van der Waals surface area (Å²) in [6.45, 7) is 4.31. The average Bonchev–Trinajstić information content (AvgIpc) is 3.77. The summed E-state index contributed by atoms with van der Waals surface area (Å²) in [6.07, 6.45) is 7.37. The topological polar surface area (TPSA) is 54.1 Å². The summed E-state index contributed by atoms with van der Waals surface area (Å²) in [6, 6.07) is 34.4. The van der Waals surface area contributed by atoms with Gasteiger partial charge >= 0.3 is 6.82 Å². The molecule has 0 fully saturated rings. The highest BCUT2D eigenvalue weighted by Crippen LogP contribution is 2.53. The lowest BCUT2D eigenvalue weighted by atomic mass is 9.73. The van der Waals surface area contributed by atoms with Crippen LogP contribution in [0.3, 0.4) is 0 Å². The molecule has 10 heteroatoms. The van der Waals surface area contributed by atoms with Gasteiger partial charge in [-0.3, -0.25) is 9.97 Å². The van der Waals surface area contributed by atoms with Gasteiger partial charge in [-0.15, -0.1) is 0 Å². The van der Waals surface area contributed by atoms with E-state index in [4.69, 9.17) is 44.1 Å². The minimum Gasteiger partial charge on any atom is -0.645 e. The van der Waals surface area contributed by atoms with Crippen molar-refractivity contribution in [3.63, 3.8) is 0 Å². The molecule has 0 unspecified atom stereocenters. The maximum Gasteiger partial charge on any atom is 0.583 e. The van der Waals surface area contributed by atoms with Gasteiger partial charge in [0.25, 0.3) is 0 Å². The van der Waals surface area contributed by atoms with Crippen molar-refractivity contribution in [2.45, 2.75) is 25.1 Å². The molecule has 0 amide bonds. The summed E-state index contributed by atoms with van der Waals surface area (Å²) in [4.78, 5) is 8.73. The Morgan fingerprint density at radius 3 is 1.51 bits per heavy atom. The fraction of sp³-hybridized carbons (Fsp3) is 0.0976. The molecule has 7 aromatic rings. The van der Waals surface area contributed by atoms with E-state index in [0.29, 0.717) is 0 Å². The molecule has 0 saturated carbocycles. The van der Waals surface area contributed by atoms with Gasteiger partial charge in [-0.2, -0.15) is 0 Å². The van der Waals surface area contributed by atoms with E-state index in [2.05, 4.69) is 125 Å². The molecule has 0 aliphatic carbocycles. The number of alkyl halides is 3. The van der Waals surface area contributed by atoms with Crippen LogP contribution in [0.25, 0.3) is 44.8 Å². The third-order valence-corrected chi connectivity index (χ3v) is 9.99. The van der Waals surface area contributed by atoms with Crippen LogP contribution in [0.5, 0.6) is 11.5 Å². The standard InChI is InChI=1S/C40H29BN4O2.CHCl3/c1-24-18-25(2)39(26(3)19-24)40-35-14-12-33-31-10-8-27(29-6-4-16-42-22-29)20-37(31)46-41(44(33)35)45-34(13-15-36(40)45)32-11-9-28(21-38(32)47-41)30-7-5-17-43-23-30;2-1(3)4/h4-23H,1-3H3;1H. The first-order valence-electron chi connectivity index (χ1n) is 16.7. The molecule has 0 atom stereocenters. The third kappa shape index (κ3) is 4.98. The number of aromatic nitrogens is 4. The number of rotatable bonds is 3. The Hall–Kier alpha value is -5.08. The molecule has 250 valence electrons. The van der Waals surface area contributed by atoms with Crippen LogP contribution < -0.4 is 9.31 Å². The summed E-state index contributed by atoms with van der Waals surface area (Å²) < 4.78 is 18.5. The van der Waals surface area contributed by atoms with Crippen molar-refractivity contribution in [1.82, 2.24) is 18.9 Å². The van der Waals surface area contributed by atoms with Gasteiger partial charge in [0.2, 0.25) is 0 Å². The SMILES string of the molecule is Cc1cc(C)c([C+]2c3ccc4n3[B-]3(Oc5cc(-c6cccnc6)ccc5-4)Oc4cc(-c5cccnc5)ccc4-c4ccc2n43)c(C)c1.ClC(Cl)Cl. The molecule has 3 aliphatic heterocycles. The number of benzene rings is 3. The summed E-state index contributed by atoms with van der Waals surface area (Å²) in [5.41, 5.74) is 15.5. The zero-order valence-electron chi connectivity index (χ0n) is 27.9. The van der Waals surface area contributed by atoms with Gasteiger partial charge in [-0.25, -0.2) is 0 Å². The largest absolute Gasteiger partial charge is 0.645 e. The first-order valence-corrected chi connectivity index (χ1v) is 18.0. The van der Waals surface area contributed by atoms with Crippen LogP contribution in [-0.4, -0.2) is 30.0 Å². The van der Waals surface area contributed by atoms with E-state index in [1.54, 1.807) is 12.4 Å². The number of aryl methyl sites for hydroxylation is 3. The normalized spacial score (nSPS) is 13.9. The van der Waals surface area contributed by atoms with Gasteiger partial charge in [0.15, 0.2) is 4.30 Å². The highest BCUT2D eigenvalue weighted by atomic mass is 35.6. The highest BCUT2D eigenvalue weighted by Gasteiger charge is 2.55.